The van der Waals surface area contributed by atoms with Crippen LogP contribution in [0.4, 0.5) is 5.69 Å². The van der Waals surface area contributed by atoms with Gasteiger partial charge in [-0.25, -0.2) is 0 Å². The summed E-state index contributed by atoms with van der Waals surface area (Å²) in [5.41, 5.74) is 19.1. The number of aryl methyl sites for hydroxylation is 3. The zero-order valence-electron chi connectivity index (χ0n) is 72.4. The lowest BCUT2D eigenvalue weighted by Crippen LogP contribution is -2.29. The first-order valence-corrected chi connectivity index (χ1v) is 40.9. The van der Waals surface area contributed by atoms with E-state index in [1.165, 1.54) is 37.2 Å². The molecule has 5 aliphatic rings. The molecular formula is C101H104N4O18. The number of nitrogens with zero attached hydrogens (tertiary/aromatic N) is 2. The van der Waals surface area contributed by atoms with E-state index in [9.17, 15) is 49.8 Å². The molecule has 0 spiro atoms. The quantitative estimate of drug-likeness (QED) is 0.0469. The Kier molecular flexibility index (Phi) is 23.3. The molecule has 0 fully saturated rings. The fourth-order valence-corrected chi connectivity index (χ4v) is 15.6. The number of hydrogen-bond donors (Lipinski definition) is 8. The first kappa shape index (κ1) is 86.1. The highest BCUT2D eigenvalue weighted by molar-refractivity contribution is 6.01. The number of benzene rings is 8. The van der Waals surface area contributed by atoms with Crippen LogP contribution in [0.25, 0.3) is 113 Å². The van der Waals surface area contributed by atoms with Gasteiger partial charge < -0.3 is 88.1 Å². The summed E-state index contributed by atoms with van der Waals surface area (Å²) >= 11 is 0. The highest BCUT2D eigenvalue weighted by Gasteiger charge is 2.37. The molecule has 0 bridgehead atoms. The second kappa shape index (κ2) is 33.3. The van der Waals surface area contributed by atoms with E-state index in [2.05, 4.69) is 11.9 Å². The summed E-state index contributed by atoms with van der Waals surface area (Å²) in [5, 5.41) is 68.6. The smallest absolute Gasteiger partial charge is 0.204 e. The molecule has 22 heteroatoms. The SMILES string of the molecule is C=C1Cc2cc(-c3coc4c5c(c(CC=C(C)C)c(O)c4c3=O)OC(C)(C)C=C5)ccc2N1.Cc1ccc(-c2coc3c4c(c(CCN(C)C)c(O)c3c2=O)OC(C)(C)C=C4)cc1.Cc1ccc(-c2coc3c4c(c(CCN(C)C)c(O)c3c2=O)OC(C)(C)C=C4)cc1O.Cc1ccc(-c2coc3c4c(c(CCN)c(O)c3c2=O)OC(C)(C)C=C4)cc1O. The molecule has 0 amide bonds. The molecule has 5 aliphatic heterocycles. The van der Waals surface area contributed by atoms with Crippen LogP contribution < -0.4 is 51.7 Å². The average Bonchev–Trinajstić information content (AvgIpc) is 0.933. The van der Waals surface area contributed by atoms with Crippen molar-refractivity contribution in [3.63, 3.8) is 0 Å². The van der Waals surface area contributed by atoms with E-state index < -0.39 is 22.4 Å². The topological polar surface area (TPSA) is 324 Å². The molecule has 123 heavy (non-hydrogen) atoms. The van der Waals surface area contributed by atoms with Gasteiger partial charge in [0.25, 0.3) is 0 Å². The van der Waals surface area contributed by atoms with Crippen LogP contribution in [0, 0.1) is 20.8 Å². The van der Waals surface area contributed by atoms with Crippen molar-refractivity contribution in [1.82, 2.24) is 9.80 Å². The minimum atomic E-state index is -0.559. The van der Waals surface area contributed by atoms with E-state index in [1.54, 1.807) is 38.1 Å². The number of phenols is 6. The number of anilines is 1. The molecule has 9 heterocycles. The highest BCUT2D eigenvalue weighted by atomic mass is 16.5. The number of hydrogen-bond acceptors (Lipinski definition) is 22. The Bertz CT molecular complexity index is 6750. The Morgan fingerprint density at radius 3 is 1.11 bits per heavy atom. The van der Waals surface area contributed by atoms with Crippen LogP contribution in [-0.2, 0) is 32.1 Å². The van der Waals surface area contributed by atoms with E-state index in [1.807, 2.05) is 211 Å². The van der Waals surface area contributed by atoms with Gasteiger partial charge in [-0.3, -0.25) is 19.2 Å². The van der Waals surface area contributed by atoms with Crippen molar-refractivity contribution in [2.75, 3.05) is 53.1 Å². The van der Waals surface area contributed by atoms with Crippen molar-refractivity contribution in [3.8, 4) is 102 Å². The van der Waals surface area contributed by atoms with Crippen molar-refractivity contribution in [1.29, 1.82) is 0 Å². The third-order valence-corrected chi connectivity index (χ3v) is 22.4. The molecule has 9 N–H and O–H groups in total. The molecule has 17 rings (SSSR count). The van der Waals surface area contributed by atoms with E-state index in [0.717, 1.165) is 39.2 Å². The van der Waals surface area contributed by atoms with Crippen molar-refractivity contribution in [2.24, 2.45) is 5.73 Å². The number of allylic oxidation sites excluding steroid dienone is 3. The van der Waals surface area contributed by atoms with E-state index in [0.29, 0.717) is 157 Å². The summed E-state index contributed by atoms with van der Waals surface area (Å²) in [6.45, 7) is 30.7. The third kappa shape index (κ3) is 17.0. The van der Waals surface area contributed by atoms with Crippen molar-refractivity contribution >= 4 is 73.9 Å². The summed E-state index contributed by atoms with van der Waals surface area (Å²) in [6, 6.07) is 23.5. The van der Waals surface area contributed by atoms with E-state index >= 15 is 0 Å². The fourth-order valence-electron chi connectivity index (χ4n) is 15.6. The predicted octanol–water partition coefficient (Wildman–Crippen LogP) is 19.4. The van der Waals surface area contributed by atoms with Gasteiger partial charge in [-0.05, 0) is 262 Å². The third-order valence-electron chi connectivity index (χ3n) is 22.4. The second-order valence-corrected chi connectivity index (χ2v) is 34.9. The van der Waals surface area contributed by atoms with Gasteiger partial charge in [-0.1, -0.05) is 78.4 Å². The Morgan fingerprint density at radius 1 is 0.447 bits per heavy atom. The van der Waals surface area contributed by atoms with Crippen LogP contribution in [0.3, 0.4) is 0 Å². The predicted molar refractivity (Wildman–Crippen MR) is 488 cm³/mol. The summed E-state index contributed by atoms with van der Waals surface area (Å²) in [6.07, 6.45) is 25.5. The number of likely N-dealkylation sites (N-methyl/N-ethyl adjacent to an activating group) is 2. The molecule has 12 aromatic rings. The Hall–Kier alpha value is -13.3. The van der Waals surface area contributed by atoms with Gasteiger partial charge in [0.15, 0.2) is 22.3 Å². The Morgan fingerprint density at radius 2 is 0.764 bits per heavy atom. The maximum Gasteiger partial charge on any atom is 0.204 e. The lowest BCUT2D eigenvalue weighted by atomic mass is 9.93. The summed E-state index contributed by atoms with van der Waals surface area (Å²) in [7, 11) is 7.84. The number of aromatic hydroxyl groups is 6. The largest absolute Gasteiger partial charge is 0.508 e. The lowest BCUT2D eigenvalue weighted by Gasteiger charge is -2.30. The van der Waals surface area contributed by atoms with Gasteiger partial charge >= 0.3 is 0 Å². The summed E-state index contributed by atoms with van der Waals surface area (Å²) in [5.74, 6) is 1.91. The van der Waals surface area contributed by atoms with Crippen molar-refractivity contribution in [2.45, 2.75) is 145 Å². The maximum absolute atomic E-state index is 13.7. The lowest BCUT2D eigenvalue weighted by molar-refractivity contribution is 0.156. The summed E-state index contributed by atoms with van der Waals surface area (Å²) in [4.78, 5) is 58.0. The van der Waals surface area contributed by atoms with Crippen LogP contribution in [0.15, 0.2) is 189 Å². The average molecular weight is 1660 g/mol. The molecule has 636 valence electrons. The van der Waals surface area contributed by atoms with Gasteiger partial charge in [0.05, 0.1) is 44.5 Å². The normalized spacial score (nSPS) is 14.9. The second-order valence-electron chi connectivity index (χ2n) is 34.9. The molecular weight excluding hydrogens is 1560 g/mol. The number of nitrogens with two attached hydrogens (primary N) is 1. The maximum atomic E-state index is 13.7. The van der Waals surface area contributed by atoms with Crippen LogP contribution in [0.5, 0.6) is 57.5 Å². The standard InChI is InChI=1S/C28H27NO4.C25H27NO5.C25H27NO4.C23H23NO5/c1-15(2)6-8-19-24(30)23-25(31)21(17-7-9-22-18(13-17)12-16(3)29-22)14-32-27(23)20-10-11-28(4,5)33-26(19)20;1-14-6-7-15(12-19(14)27)18-13-30-24-17-8-10-25(2,3)31-23(17)16(9-11-26(4)5)21(28)20(24)22(18)29;1-15-6-8-16(9-7-15)19-14-29-24-18-10-12-25(2,3)30-23(18)17(11-13-26(4)5)21(27)20(24)22(19)28;1-12-4-5-13(10-17(12)25)16-11-28-22-15-6-8-23(2,3)29-21(15)14(7-9-24)19(26)18(22)20(16)27/h6-7,9-11,13-14,29-30H,3,8,12H2,1-2,4-5H3;6-8,10,12-13,27-28H,9,11H2,1-5H3;6-10,12,14,27H,11,13H2,1-5H3;4-6,8,10-11,25-26H,7,9,24H2,1-3H3. The molecule has 0 radical (unpaired) electrons. The zero-order valence-corrected chi connectivity index (χ0v) is 72.4. The molecule has 0 unspecified atom stereocenters. The van der Waals surface area contributed by atoms with Gasteiger partial charge in [0.1, 0.15) is 126 Å². The van der Waals surface area contributed by atoms with Gasteiger partial charge in [0, 0.05) is 53.1 Å². The first-order valence-electron chi connectivity index (χ1n) is 40.9. The monoisotopic (exact) mass is 1660 g/mol. The Labute approximate surface area is 712 Å². The van der Waals surface area contributed by atoms with Gasteiger partial charge in [0.2, 0.25) is 21.7 Å². The molecule has 0 atom stereocenters. The van der Waals surface area contributed by atoms with Crippen LogP contribution in [0.2, 0.25) is 0 Å². The number of phenolic OH excluding ortho intramolecular Hbond substituents is 6. The molecule has 22 nitrogen and oxygen atoms in total. The highest BCUT2D eigenvalue weighted by Crippen LogP contribution is 2.51. The van der Waals surface area contributed by atoms with E-state index in [4.69, 9.17) is 42.3 Å². The number of fused-ring (bicyclic) bond motifs is 13. The molecule has 8 aromatic carbocycles. The fraction of sp³-hybridized carbons (Fsp3) is 0.287. The molecule has 0 saturated carbocycles. The van der Waals surface area contributed by atoms with E-state index in [-0.39, 0.29) is 107 Å². The summed E-state index contributed by atoms with van der Waals surface area (Å²) < 4.78 is 48.4. The molecule has 4 aromatic heterocycles. The first-order chi connectivity index (χ1) is 58.1. The minimum absolute atomic E-state index is 0.0561. The molecule has 0 saturated heterocycles. The number of nitrogens with one attached hydrogen (secondary N) is 1. The van der Waals surface area contributed by atoms with Crippen LogP contribution in [-0.4, -0.2) is 111 Å². The number of ether oxygens (including phenoxy) is 4. The molecule has 0 aliphatic carbocycles. The van der Waals surface area contributed by atoms with Crippen LogP contribution >= 0.6 is 0 Å². The van der Waals surface area contributed by atoms with Crippen molar-refractivity contribution < 1.29 is 67.3 Å². The van der Waals surface area contributed by atoms with Crippen molar-refractivity contribution in [3.05, 3.63) is 260 Å². The van der Waals surface area contributed by atoms with Gasteiger partial charge in [-0.15, -0.1) is 0 Å². The van der Waals surface area contributed by atoms with Gasteiger partial charge in [-0.2, -0.15) is 0 Å². The Balaban J connectivity index is 0.000000134. The zero-order chi connectivity index (χ0) is 88.5. The minimum Gasteiger partial charge on any atom is -0.508 e. The van der Waals surface area contributed by atoms with Crippen LogP contribution in [0.1, 0.15) is 136 Å². The number of rotatable bonds is 14.